The maximum absolute atomic E-state index is 13.1. The van der Waals surface area contributed by atoms with Crippen molar-refractivity contribution in [2.75, 3.05) is 0 Å². The first-order valence-electron chi connectivity index (χ1n) is 9.41. The van der Waals surface area contributed by atoms with E-state index >= 15 is 0 Å². The number of carbonyl (C=O) groups excluding carboxylic acids is 1. The zero-order valence-electron chi connectivity index (χ0n) is 16.1. The van der Waals surface area contributed by atoms with E-state index in [1.807, 2.05) is 42.5 Å². The van der Waals surface area contributed by atoms with Crippen LogP contribution >= 0.6 is 11.8 Å². The zero-order chi connectivity index (χ0) is 20.1. The third kappa shape index (κ3) is 4.84. The van der Waals surface area contributed by atoms with E-state index in [4.69, 9.17) is 4.42 Å². The summed E-state index contributed by atoms with van der Waals surface area (Å²) in [6.07, 6.45) is 3.95. The molecule has 6 heteroatoms. The summed E-state index contributed by atoms with van der Waals surface area (Å²) >= 11 is 1.45. The molecule has 1 fully saturated rings. The van der Waals surface area contributed by atoms with Crippen molar-refractivity contribution in [1.29, 1.82) is 0 Å². The number of nitrogens with zero attached hydrogens (tertiary/aromatic N) is 3. The summed E-state index contributed by atoms with van der Waals surface area (Å²) in [7, 11) is 0. The molecule has 0 aliphatic carbocycles. The molecule has 2 aromatic carbocycles. The molecule has 3 aromatic rings. The molecule has 4 rings (SSSR count). The van der Waals surface area contributed by atoms with Gasteiger partial charge in [-0.25, -0.2) is 0 Å². The smallest absolute Gasteiger partial charge is 0.242 e. The number of carbonyl (C=O) groups is 1. The van der Waals surface area contributed by atoms with Gasteiger partial charge in [-0.05, 0) is 36.6 Å². The minimum atomic E-state index is -0.224. The summed E-state index contributed by atoms with van der Waals surface area (Å²) in [5.41, 5.74) is 3.30. The summed E-state index contributed by atoms with van der Waals surface area (Å²) in [6, 6.07) is 21.7. The molecule has 2 heterocycles. The molecule has 1 aromatic heterocycles. The Labute approximate surface area is 174 Å². The van der Waals surface area contributed by atoms with Crippen molar-refractivity contribution in [3.8, 4) is 0 Å². The number of furan rings is 1. The summed E-state index contributed by atoms with van der Waals surface area (Å²) in [5.74, 6) is 0.746. The van der Waals surface area contributed by atoms with Gasteiger partial charge in [-0.3, -0.25) is 9.69 Å². The largest absolute Gasteiger partial charge is 0.467 e. The number of hydrogen-bond donors (Lipinski definition) is 0. The monoisotopic (exact) mass is 403 g/mol. The highest BCUT2D eigenvalue weighted by Gasteiger charge is 2.38. The second-order valence-corrected chi connectivity index (χ2v) is 8.01. The van der Waals surface area contributed by atoms with Crippen LogP contribution in [0.4, 0.5) is 0 Å². The Morgan fingerprint density at radius 2 is 1.86 bits per heavy atom. The quantitative estimate of drug-likeness (QED) is 0.444. The Morgan fingerprint density at radius 3 is 2.59 bits per heavy atom. The summed E-state index contributed by atoms with van der Waals surface area (Å²) in [4.78, 5) is 14.7. The average molecular weight is 404 g/mol. The van der Waals surface area contributed by atoms with Crippen LogP contribution in [0.3, 0.4) is 0 Å². The highest BCUT2D eigenvalue weighted by Crippen LogP contribution is 2.31. The van der Waals surface area contributed by atoms with Gasteiger partial charge in [0.25, 0.3) is 0 Å². The molecule has 0 radical (unpaired) electrons. The number of hydrogen-bond acceptors (Lipinski definition) is 5. The van der Waals surface area contributed by atoms with Crippen LogP contribution in [-0.2, 0) is 17.8 Å². The van der Waals surface area contributed by atoms with Crippen LogP contribution in [0.2, 0.25) is 0 Å². The molecule has 1 saturated heterocycles. The van der Waals surface area contributed by atoms with E-state index in [-0.39, 0.29) is 11.2 Å². The predicted molar refractivity (Wildman–Crippen MR) is 117 cm³/mol. The van der Waals surface area contributed by atoms with Gasteiger partial charge in [0.05, 0.1) is 24.3 Å². The molecular weight excluding hydrogens is 382 g/mol. The van der Waals surface area contributed by atoms with E-state index < -0.39 is 0 Å². The lowest BCUT2D eigenvalue weighted by molar-refractivity contribution is -0.126. The second-order valence-electron chi connectivity index (χ2n) is 6.84. The molecule has 0 N–H and O–H groups in total. The second kappa shape index (κ2) is 8.92. The first-order chi connectivity index (χ1) is 14.2. The van der Waals surface area contributed by atoms with Crippen molar-refractivity contribution < 1.29 is 9.21 Å². The van der Waals surface area contributed by atoms with Gasteiger partial charge >= 0.3 is 0 Å². The Morgan fingerprint density at radius 1 is 1.07 bits per heavy atom. The summed E-state index contributed by atoms with van der Waals surface area (Å²) < 4.78 is 5.44. The molecule has 0 unspecified atom stereocenters. The highest BCUT2D eigenvalue weighted by molar-refractivity contribution is 8.15. The molecule has 1 aliphatic rings. The van der Waals surface area contributed by atoms with E-state index in [1.54, 1.807) is 17.4 Å². The lowest BCUT2D eigenvalue weighted by Gasteiger charge is -2.14. The fourth-order valence-corrected chi connectivity index (χ4v) is 4.18. The fraction of sp³-hybridized carbons (Fsp3) is 0.174. The normalized spacial score (nSPS) is 18.2. The van der Waals surface area contributed by atoms with Gasteiger partial charge in [0.15, 0.2) is 5.17 Å². The number of aryl methyl sites for hydroxylation is 1. The highest BCUT2D eigenvalue weighted by atomic mass is 32.2. The van der Waals surface area contributed by atoms with Gasteiger partial charge in [-0.1, -0.05) is 71.9 Å². The first kappa shape index (κ1) is 19.2. The van der Waals surface area contributed by atoms with Gasteiger partial charge in [0.1, 0.15) is 5.76 Å². The van der Waals surface area contributed by atoms with E-state index in [1.165, 1.54) is 17.3 Å². The topological polar surface area (TPSA) is 58.2 Å². The molecule has 5 nitrogen and oxygen atoms in total. The van der Waals surface area contributed by atoms with Crippen LogP contribution < -0.4 is 0 Å². The number of thioether (sulfide) groups is 1. The number of amidine groups is 1. The first-order valence-corrected chi connectivity index (χ1v) is 10.3. The predicted octanol–water partition coefficient (Wildman–Crippen LogP) is 4.66. The van der Waals surface area contributed by atoms with Crippen molar-refractivity contribution in [3.05, 3.63) is 95.4 Å². The fourth-order valence-electron chi connectivity index (χ4n) is 3.04. The Kier molecular flexibility index (Phi) is 5.91. The third-order valence-corrected chi connectivity index (χ3v) is 5.77. The molecule has 1 atom stereocenters. The molecule has 0 bridgehead atoms. The van der Waals surface area contributed by atoms with Crippen LogP contribution in [-0.4, -0.2) is 27.4 Å². The lowest BCUT2D eigenvalue weighted by atomic mass is 10.1. The van der Waals surface area contributed by atoms with Crippen LogP contribution in [0, 0.1) is 6.92 Å². The van der Waals surface area contributed by atoms with Crippen LogP contribution in [0.15, 0.2) is 87.6 Å². The van der Waals surface area contributed by atoms with E-state index in [0.29, 0.717) is 18.1 Å². The van der Waals surface area contributed by atoms with Crippen LogP contribution in [0.1, 0.15) is 22.5 Å². The van der Waals surface area contributed by atoms with Crippen LogP contribution in [0.5, 0.6) is 0 Å². The Bertz CT molecular complexity index is 1010. The number of rotatable bonds is 6. The maximum atomic E-state index is 13.1. The SMILES string of the molecule is Cc1ccc(C[C@@H]2S/C(=N\N=C/c3ccccc3)N(Cc3ccco3)C2=O)cc1. The van der Waals surface area contributed by atoms with Gasteiger partial charge in [-0.2, -0.15) is 5.10 Å². The number of benzene rings is 2. The molecule has 29 heavy (non-hydrogen) atoms. The van der Waals surface area contributed by atoms with Crippen LogP contribution in [0.25, 0.3) is 0 Å². The van der Waals surface area contributed by atoms with Crippen molar-refractivity contribution in [3.63, 3.8) is 0 Å². The van der Waals surface area contributed by atoms with Crippen molar-refractivity contribution in [2.45, 2.75) is 25.1 Å². The zero-order valence-corrected chi connectivity index (χ0v) is 16.9. The van der Waals surface area contributed by atoms with Crippen molar-refractivity contribution >= 4 is 29.1 Å². The standard InChI is InChI=1S/C23H21N3O2S/c1-17-9-11-18(12-10-17)14-21-22(27)26(16-20-8-5-13-28-20)23(29-21)25-24-15-19-6-3-2-4-7-19/h2-13,15,21H,14,16H2,1H3/b24-15-,25-23-/t21-/m0/s1. The summed E-state index contributed by atoms with van der Waals surface area (Å²) in [5, 5.41) is 8.93. The van der Waals surface area contributed by atoms with Gasteiger partial charge in [-0.15, -0.1) is 5.10 Å². The van der Waals surface area contributed by atoms with Gasteiger partial charge in [0, 0.05) is 0 Å². The molecule has 1 amide bonds. The van der Waals surface area contributed by atoms with Gasteiger partial charge < -0.3 is 4.42 Å². The minimum absolute atomic E-state index is 0.0284. The Balaban J connectivity index is 1.54. The van der Waals surface area contributed by atoms with E-state index in [9.17, 15) is 4.79 Å². The average Bonchev–Trinajstić information content (AvgIpc) is 3.35. The lowest BCUT2D eigenvalue weighted by Crippen LogP contribution is -2.32. The molecule has 146 valence electrons. The van der Waals surface area contributed by atoms with E-state index in [0.717, 1.165) is 16.9 Å². The van der Waals surface area contributed by atoms with Gasteiger partial charge in [0.2, 0.25) is 5.91 Å². The molecular formula is C23H21N3O2S. The molecule has 0 spiro atoms. The number of amides is 1. The summed E-state index contributed by atoms with van der Waals surface area (Å²) in [6.45, 7) is 2.41. The maximum Gasteiger partial charge on any atom is 0.242 e. The minimum Gasteiger partial charge on any atom is -0.467 e. The van der Waals surface area contributed by atoms with Crippen molar-refractivity contribution in [2.24, 2.45) is 10.2 Å². The Hall–Kier alpha value is -3.12. The molecule has 0 saturated carbocycles. The van der Waals surface area contributed by atoms with Crippen molar-refractivity contribution in [1.82, 2.24) is 4.90 Å². The third-order valence-electron chi connectivity index (χ3n) is 4.61. The molecule has 1 aliphatic heterocycles. The van der Waals surface area contributed by atoms with E-state index in [2.05, 4.69) is 41.4 Å².